The van der Waals surface area contributed by atoms with Crippen LogP contribution in [0.25, 0.3) is 0 Å². The van der Waals surface area contributed by atoms with Gasteiger partial charge in [-0.3, -0.25) is 4.79 Å². The number of anilines is 1. The van der Waals surface area contributed by atoms with E-state index in [4.69, 9.17) is 0 Å². The highest BCUT2D eigenvalue weighted by Crippen LogP contribution is 2.29. The van der Waals surface area contributed by atoms with Gasteiger partial charge in [0.05, 0.1) is 6.04 Å². The molecule has 1 aromatic rings. The van der Waals surface area contributed by atoms with Crippen LogP contribution in [0.3, 0.4) is 0 Å². The van der Waals surface area contributed by atoms with Gasteiger partial charge < -0.3 is 10.6 Å². The van der Waals surface area contributed by atoms with Gasteiger partial charge in [-0.25, -0.2) is 0 Å². The van der Waals surface area contributed by atoms with E-state index < -0.39 is 0 Å². The molecule has 0 aromatic heterocycles. The minimum Gasteiger partial charge on any atom is -0.383 e. The Morgan fingerprint density at radius 2 is 2.12 bits per heavy atom. The first-order valence-corrected chi connectivity index (χ1v) is 5.95. The van der Waals surface area contributed by atoms with Crippen molar-refractivity contribution in [1.82, 2.24) is 5.32 Å². The van der Waals surface area contributed by atoms with Crippen molar-refractivity contribution in [1.29, 1.82) is 0 Å². The summed E-state index contributed by atoms with van der Waals surface area (Å²) in [5.41, 5.74) is 2.51. The lowest BCUT2D eigenvalue weighted by molar-refractivity contribution is -0.122. The molecule has 3 heteroatoms. The predicted octanol–water partition coefficient (Wildman–Crippen LogP) is 1.55. The molecule has 1 aromatic carbocycles. The number of benzene rings is 1. The van der Waals surface area contributed by atoms with Crippen molar-refractivity contribution >= 4 is 11.6 Å². The molecule has 1 aliphatic carbocycles. The number of amides is 1. The van der Waals surface area contributed by atoms with Crippen LogP contribution in [0.1, 0.15) is 18.4 Å². The number of hydrogen-bond donors (Lipinski definition) is 2. The highest BCUT2D eigenvalue weighted by atomic mass is 16.2. The summed E-state index contributed by atoms with van der Waals surface area (Å²) in [6.45, 7) is 0.843. The molecule has 84 valence electrons. The van der Waals surface area contributed by atoms with Crippen molar-refractivity contribution < 1.29 is 4.79 Å². The fourth-order valence-corrected chi connectivity index (χ4v) is 2.21. The SMILES string of the molecule is O=C(NC1CNc2ccccc2C1)C1CC1. The summed E-state index contributed by atoms with van der Waals surface area (Å²) in [5.74, 6) is 0.545. The third kappa shape index (κ3) is 1.90. The molecule has 0 radical (unpaired) electrons. The van der Waals surface area contributed by atoms with Gasteiger partial charge in [-0.2, -0.15) is 0 Å². The molecule has 1 atom stereocenters. The topological polar surface area (TPSA) is 41.1 Å². The highest BCUT2D eigenvalue weighted by Gasteiger charge is 2.31. The van der Waals surface area contributed by atoms with Crippen LogP contribution < -0.4 is 10.6 Å². The molecule has 0 spiro atoms. The second-order valence-corrected chi connectivity index (χ2v) is 4.72. The van der Waals surface area contributed by atoms with E-state index in [1.54, 1.807) is 0 Å². The maximum Gasteiger partial charge on any atom is 0.223 e. The minimum atomic E-state index is 0.242. The predicted molar refractivity (Wildman–Crippen MR) is 63.3 cm³/mol. The quantitative estimate of drug-likeness (QED) is 0.787. The van der Waals surface area contributed by atoms with Gasteiger partial charge >= 0.3 is 0 Å². The molecule has 1 heterocycles. The maximum atomic E-state index is 11.6. The normalized spacial score (nSPS) is 23.1. The Labute approximate surface area is 95.2 Å². The Bertz CT molecular complexity index is 412. The minimum absolute atomic E-state index is 0.242. The molecule has 2 aliphatic rings. The Kier molecular flexibility index (Phi) is 2.31. The van der Waals surface area contributed by atoms with Crippen molar-refractivity contribution in [2.75, 3.05) is 11.9 Å². The van der Waals surface area contributed by atoms with Gasteiger partial charge in [0.1, 0.15) is 0 Å². The van der Waals surface area contributed by atoms with E-state index in [2.05, 4.69) is 22.8 Å². The summed E-state index contributed by atoms with van der Waals surface area (Å²) in [7, 11) is 0. The van der Waals surface area contributed by atoms with Gasteiger partial charge in [-0.15, -0.1) is 0 Å². The molecule has 1 saturated carbocycles. The van der Waals surface area contributed by atoms with E-state index >= 15 is 0 Å². The summed E-state index contributed by atoms with van der Waals surface area (Å²) in [6.07, 6.45) is 3.09. The average molecular weight is 216 g/mol. The first-order valence-electron chi connectivity index (χ1n) is 5.95. The molecule has 1 unspecified atom stereocenters. The molecule has 1 amide bonds. The third-order valence-corrected chi connectivity index (χ3v) is 3.32. The first kappa shape index (κ1) is 9.70. The van der Waals surface area contributed by atoms with Gasteiger partial charge in [-0.1, -0.05) is 18.2 Å². The zero-order valence-electron chi connectivity index (χ0n) is 9.20. The first-order chi connectivity index (χ1) is 7.83. The number of para-hydroxylation sites is 1. The summed E-state index contributed by atoms with van der Waals surface area (Å²) in [5, 5.41) is 6.48. The van der Waals surface area contributed by atoms with E-state index in [0.29, 0.717) is 5.92 Å². The number of hydrogen-bond acceptors (Lipinski definition) is 2. The van der Waals surface area contributed by atoms with Crippen molar-refractivity contribution in [2.45, 2.75) is 25.3 Å². The second-order valence-electron chi connectivity index (χ2n) is 4.72. The molecule has 1 aliphatic heterocycles. The summed E-state index contributed by atoms with van der Waals surface area (Å²) >= 11 is 0. The van der Waals surface area contributed by atoms with Crippen LogP contribution in [0.5, 0.6) is 0 Å². The van der Waals surface area contributed by atoms with Crippen LogP contribution in [0.4, 0.5) is 5.69 Å². The van der Waals surface area contributed by atoms with Crippen LogP contribution in [0.15, 0.2) is 24.3 Å². The average Bonchev–Trinajstić information content (AvgIpc) is 3.12. The van der Waals surface area contributed by atoms with E-state index in [1.807, 2.05) is 12.1 Å². The molecule has 1 fully saturated rings. The Morgan fingerprint density at radius 1 is 1.31 bits per heavy atom. The summed E-state index contributed by atoms with van der Waals surface area (Å²) in [6, 6.07) is 8.55. The van der Waals surface area contributed by atoms with Crippen LogP contribution >= 0.6 is 0 Å². The maximum absolute atomic E-state index is 11.6. The summed E-state index contributed by atoms with van der Waals surface area (Å²) < 4.78 is 0. The summed E-state index contributed by atoms with van der Waals surface area (Å²) in [4.78, 5) is 11.6. The van der Waals surface area contributed by atoms with Crippen LogP contribution in [0, 0.1) is 5.92 Å². The fourth-order valence-electron chi connectivity index (χ4n) is 2.21. The van der Waals surface area contributed by atoms with Gasteiger partial charge in [0.2, 0.25) is 5.91 Å². The molecule has 2 N–H and O–H groups in total. The van der Waals surface area contributed by atoms with Crippen LogP contribution in [0.2, 0.25) is 0 Å². The number of rotatable bonds is 2. The van der Waals surface area contributed by atoms with Crippen molar-refractivity contribution in [3.8, 4) is 0 Å². The number of fused-ring (bicyclic) bond motifs is 1. The van der Waals surface area contributed by atoms with Gasteiger partial charge in [0.25, 0.3) is 0 Å². The molecule has 0 bridgehead atoms. The van der Waals surface area contributed by atoms with E-state index in [1.165, 1.54) is 11.3 Å². The van der Waals surface area contributed by atoms with E-state index in [9.17, 15) is 4.79 Å². The fraction of sp³-hybridized carbons (Fsp3) is 0.462. The third-order valence-electron chi connectivity index (χ3n) is 3.32. The Morgan fingerprint density at radius 3 is 2.94 bits per heavy atom. The van der Waals surface area contributed by atoms with E-state index in [0.717, 1.165) is 25.8 Å². The molecule has 16 heavy (non-hydrogen) atoms. The smallest absolute Gasteiger partial charge is 0.223 e. The molecule has 0 saturated heterocycles. The zero-order valence-corrected chi connectivity index (χ0v) is 9.20. The highest BCUT2D eigenvalue weighted by molar-refractivity contribution is 5.81. The van der Waals surface area contributed by atoms with Crippen molar-refractivity contribution in [3.63, 3.8) is 0 Å². The second kappa shape index (κ2) is 3.81. The van der Waals surface area contributed by atoms with Crippen LogP contribution in [-0.4, -0.2) is 18.5 Å². The lowest BCUT2D eigenvalue weighted by Crippen LogP contribution is -2.44. The van der Waals surface area contributed by atoms with Crippen molar-refractivity contribution in [3.05, 3.63) is 29.8 Å². The van der Waals surface area contributed by atoms with Gasteiger partial charge in [0.15, 0.2) is 0 Å². The number of carbonyl (C=O) groups is 1. The Hall–Kier alpha value is -1.51. The largest absolute Gasteiger partial charge is 0.383 e. The molecule has 3 nitrogen and oxygen atoms in total. The van der Waals surface area contributed by atoms with E-state index in [-0.39, 0.29) is 11.9 Å². The standard InChI is InChI=1S/C13H16N2O/c16-13(9-5-6-9)15-11-7-10-3-1-2-4-12(10)14-8-11/h1-4,9,11,14H,5-8H2,(H,15,16). The number of carbonyl (C=O) groups excluding carboxylic acids is 1. The Balaban J connectivity index is 1.65. The zero-order chi connectivity index (χ0) is 11.0. The lowest BCUT2D eigenvalue weighted by atomic mass is 9.99. The monoisotopic (exact) mass is 216 g/mol. The van der Waals surface area contributed by atoms with Crippen molar-refractivity contribution in [2.24, 2.45) is 5.92 Å². The molecule has 3 rings (SSSR count). The van der Waals surface area contributed by atoms with Crippen LogP contribution in [-0.2, 0) is 11.2 Å². The lowest BCUT2D eigenvalue weighted by Gasteiger charge is -2.26. The molecular weight excluding hydrogens is 200 g/mol. The number of nitrogens with one attached hydrogen (secondary N) is 2. The van der Waals surface area contributed by atoms with Gasteiger partial charge in [0, 0.05) is 18.2 Å². The molecular formula is C13H16N2O. The van der Waals surface area contributed by atoms with Gasteiger partial charge in [-0.05, 0) is 30.9 Å².